The minimum Gasteiger partial charge on any atom is -0.508 e. The molecule has 0 aliphatic rings. The van der Waals surface area contributed by atoms with Crippen LogP contribution in [0.2, 0.25) is 0 Å². The van der Waals surface area contributed by atoms with Crippen molar-refractivity contribution in [2.24, 2.45) is 0 Å². The number of aromatic hydroxyl groups is 1. The molecule has 0 unspecified atom stereocenters. The molecule has 3 nitrogen and oxygen atoms in total. The lowest BCUT2D eigenvalue weighted by atomic mass is 10.2. The fourth-order valence-electron chi connectivity index (χ4n) is 1.17. The zero-order valence-electron chi connectivity index (χ0n) is 9.16. The number of phenolic OH excluding ortho intramolecular Hbond substituents is 1. The number of phenols is 1. The quantitative estimate of drug-likeness (QED) is 0.576. The topological polar surface area (TPSA) is 49.3 Å². The Morgan fingerprint density at radius 3 is 2.60 bits per heavy atom. The molecule has 2 N–H and O–H groups in total. The summed E-state index contributed by atoms with van der Waals surface area (Å²) >= 11 is 0. The summed E-state index contributed by atoms with van der Waals surface area (Å²) in [6.07, 6.45) is 1.53. The molecule has 80 valence electrons. The van der Waals surface area contributed by atoms with E-state index in [4.69, 9.17) is 0 Å². The van der Waals surface area contributed by atoms with Gasteiger partial charge in [-0.1, -0.05) is 5.57 Å². The Morgan fingerprint density at radius 1 is 1.40 bits per heavy atom. The van der Waals surface area contributed by atoms with Crippen LogP contribution in [-0.4, -0.2) is 11.0 Å². The van der Waals surface area contributed by atoms with Crippen LogP contribution in [-0.2, 0) is 4.79 Å². The van der Waals surface area contributed by atoms with E-state index in [1.807, 2.05) is 13.8 Å². The molecule has 0 aliphatic carbocycles. The number of allylic oxidation sites excluding steroid dienone is 1. The van der Waals surface area contributed by atoms with E-state index in [9.17, 15) is 9.90 Å². The molecule has 0 saturated heterocycles. The third-order valence-corrected chi connectivity index (χ3v) is 1.88. The highest BCUT2D eigenvalue weighted by molar-refractivity contribution is 5.99. The van der Waals surface area contributed by atoms with Crippen molar-refractivity contribution < 1.29 is 9.90 Å². The largest absolute Gasteiger partial charge is 0.508 e. The van der Waals surface area contributed by atoms with E-state index in [0.29, 0.717) is 5.69 Å². The second-order valence-electron chi connectivity index (χ2n) is 3.71. The van der Waals surface area contributed by atoms with E-state index in [1.165, 1.54) is 6.08 Å². The smallest absolute Gasteiger partial charge is 0.248 e. The molecule has 1 aromatic carbocycles. The van der Waals surface area contributed by atoms with Gasteiger partial charge in [0.15, 0.2) is 0 Å². The lowest BCUT2D eigenvalue weighted by Crippen LogP contribution is -2.08. The lowest BCUT2D eigenvalue weighted by Gasteiger charge is -2.04. The zero-order chi connectivity index (χ0) is 11.4. The van der Waals surface area contributed by atoms with Crippen LogP contribution in [0.3, 0.4) is 0 Å². The molecule has 0 spiro atoms. The number of rotatable bonds is 2. The summed E-state index contributed by atoms with van der Waals surface area (Å²) in [6.45, 7) is 5.51. The Balaban J connectivity index is 2.78. The van der Waals surface area contributed by atoms with Gasteiger partial charge in [0.25, 0.3) is 0 Å². The van der Waals surface area contributed by atoms with Crippen LogP contribution < -0.4 is 5.32 Å². The third kappa shape index (κ3) is 3.46. The Labute approximate surface area is 89.4 Å². The molecular weight excluding hydrogens is 190 g/mol. The fraction of sp³-hybridized carbons (Fsp3) is 0.250. The number of hydrogen-bond donors (Lipinski definition) is 2. The van der Waals surface area contributed by atoms with Crippen LogP contribution in [0, 0.1) is 6.92 Å². The molecule has 0 aromatic heterocycles. The number of amides is 1. The van der Waals surface area contributed by atoms with Gasteiger partial charge in [-0.2, -0.15) is 0 Å². The molecule has 0 fully saturated rings. The van der Waals surface area contributed by atoms with Gasteiger partial charge in [0.2, 0.25) is 5.91 Å². The fourth-order valence-corrected chi connectivity index (χ4v) is 1.17. The Kier molecular flexibility index (Phi) is 3.50. The Bertz CT molecular complexity index is 404. The van der Waals surface area contributed by atoms with E-state index in [0.717, 1.165) is 11.1 Å². The molecule has 0 atom stereocenters. The summed E-state index contributed by atoms with van der Waals surface area (Å²) < 4.78 is 0. The molecule has 1 amide bonds. The van der Waals surface area contributed by atoms with Crippen molar-refractivity contribution in [3.63, 3.8) is 0 Å². The SMILES string of the molecule is CC(C)=CC(=O)Nc1ccc(O)c(C)c1. The number of carbonyl (C=O) groups is 1. The molecule has 1 rings (SSSR count). The predicted octanol–water partition coefficient (Wildman–Crippen LogP) is 2.61. The van der Waals surface area contributed by atoms with E-state index < -0.39 is 0 Å². The van der Waals surface area contributed by atoms with Gasteiger partial charge in [-0.05, 0) is 44.5 Å². The van der Waals surface area contributed by atoms with Gasteiger partial charge in [-0.15, -0.1) is 0 Å². The van der Waals surface area contributed by atoms with Crippen LogP contribution >= 0.6 is 0 Å². The number of nitrogens with one attached hydrogen (secondary N) is 1. The highest BCUT2D eigenvalue weighted by Gasteiger charge is 2.00. The summed E-state index contributed by atoms with van der Waals surface area (Å²) in [6, 6.07) is 4.96. The van der Waals surface area contributed by atoms with Gasteiger partial charge in [-0.3, -0.25) is 4.79 Å². The maximum absolute atomic E-state index is 11.4. The van der Waals surface area contributed by atoms with Gasteiger partial charge in [0.05, 0.1) is 0 Å². The molecular formula is C12H15NO2. The second kappa shape index (κ2) is 4.64. The van der Waals surface area contributed by atoms with Crippen LogP contribution in [0.1, 0.15) is 19.4 Å². The lowest BCUT2D eigenvalue weighted by molar-refractivity contribution is -0.111. The average Bonchev–Trinajstić information content (AvgIpc) is 2.10. The van der Waals surface area contributed by atoms with Crippen molar-refractivity contribution in [3.05, 3.63) is 35.4 Å². The molecule has 0 bridgehead atoms. The molecule has 1 aromatic rings. The maximum atomic E-state index is 11.4. The first-order valence-corrected chi connectivity index (χ1v) is 4.74. The summed E-state index contributed by atoms with van der Waals surface area (Å²) in [5, 5.41) is 12.0. The second-order valence-corrected chi connectivity index (χ2v) is 3.71. The monoisotopic (exact) mass is 205 g/mol. The first-order valence-electron chi connectivity index (χ1n) is 4.74. The Morgan fingerprint density at radius 2 is 2.07 bits per heavy atom. The summed E-state index contributed by atoms with van der Waals surface area (Å²) in [5.41, 5.74) is 2.38. The summed E-state index contributed by atoms with van der Waals surface area (Å²) in [4.78, 5) is 11.4. The van der Waals surface area contributed by atoms with Crippen molar-refractivity contribution in [2.45, 2.75) is 20.8 Å². The number of aryl methyl sites for hydroxylation is 1. The number of hydrogen-bond acceptors (Lipinski definition) is 2. The summed E-state index contributed by atoms with van der Waals surface area (Å²) in [5.74, 6) is 0.0790. The number of carbonyl (C=O) groups excluding carboxylic acids is 1. The highest BCUT2D eigenvalue weighted by Crippen LogP contribution is 2.19. The van der Waals surface area contributed by atoms with Gasteiger partial charge in [0.1, 0.15) is 5.75 Å². The minimum atomic E-state index is -0.153. The number of benzene rings is 1. The van der Waals surface area contributed by atoms with Crippen LogP contribution in [0.4, 0.5) is 5.69 Å². The Hall–Kier alpha value is -1.77. The molecule has 0 aliphatic heterocycles. The molecule has 0 heterocycles. The van der Waals surface area contributed by atoms with E-state index >= 15 is 0 Å². The van der Waals surface area contributed by atoms with Gasteiger partial charge in [-0.25, -0.2) is 0 Å². The van der Waals surface area contributed by atoms with Crippen LogP contribution in [0.15, 0.2) is 29.8 Å². The standard InChI is InChI=1S/C12H15NO2/c1-8(2)6-12(15)13-10-4-5-11(14)9(3)7-10/h4-7,14H,1-3H3,(H,13,15). The first kappa shape index (κ1) is 11.3. The average molecular weight is 205 g/mol. The molecule has 15 heavy (non-hydrogen) atoms. The normalized spacial score (nSPS) is 9.53. The predicted molar refractivity (Wildman–Crippen MR) is 60.9 cm³/mol. The van der Waals surface area contributed by atoms with Crippen molar-refractivity contribution in [3.8, 4) is 5.75 Å². The maximum Gasteiger partial charge on any atom is 0.248 e. The molecule has 0 saturated carbocycles. The zero-order valence-corrected chi connectivity index (χ0v) is 9.16. The van der Waals surface area contributed by atoms with Crippen molar-refractivity contribution >= 4 is 11.6 Å². The number of anilines is 1. The summed E-state index contributed by atoms with van der Waals surface area (Å²) in [7, 11) is 0. The third-order valence-electron chi connectivity index (χ3n) is 1.88. The van der Waals surface area contributed by atoms with Crippen molar-refractivity contribution in [1.29, 1.82) is 0 Å². The molecule has 3 heteroatoms. The van der Waals surface area contributed by atoms with E-state index in [2.05, 4.69) is 5.32 Å². The van der Waals surface area contributed by atoms with Crippen molar-refractivity contribution in [2.75, 3.05) is 5.32 Å². The van der Waals surface area contributed by atoms with E-state index in [1.54, 1.807) is 25.1 Å². The van der Waals surface area contributed by atoms with Gasteiger partial charge in [0, 0.05) is 11.8 Å². The minimum absolute atomic E-state index is 0.153. The van der Waals surface area contributed by atoms with Gasteiger partial charge >= 0.3 is 0 Å². The van der Waals surface area contributed by atoms with Crippen molar-refractivity contribution in [1.82, 2.24) is 0 Å². The molecule has 0 radical (unpaired) electrons. The van der Waals surface area contributed by atoms with Gasteiger partial charge < -0.3 is 10.4 Å². The highest BCUT2D eigenvalue weighted by atomic mass is 16.3. The van der Waals surface area contributed by atoms with E-state index in [-0.39, 0.29) is 11.7 Å². The first-order chi connectivity index (χ1) is 6.99. The van der Waals surface area contributed by atoms with Crippen LogP contribution in [0.5, 0.6) is 5.75 Å². The van der Waals surface area contributed by atoms with Crippen LogP contribution in [0.25, 0.3) is 0 Å².